The maximum absolute atomic E-state index is 13.6. The minimum absolute atomic E-state index is 0.132. The number of anilines is 1. The zero-order chi connectivity index (χ0) is 17.7. The van der Waals surface area contributed by atoms with Crippen LogP contribution in [0.1, 0.15) is 11.1 Å². The van der Waals surface area contributed by atoms with Gasteiger partial charge in [0.15, 0.2) is 0 Å². The standard InChI is InChI=1S/C17H20F2N4O/c1-22(2)16-8-7-12(9-20-16)10-21-17(24)23(3)11-13-14(18)5-4-6-15(13)19/h4-9H,10-11H2,1-3H3,(H,21,24). The highest BCUT2D eigenvalue weighted by Gasteiger charge is 2.14. The van der Waals surface area contributed by atoms with Gasteiger partial charge < -0.3 is 15.1 Å². The van der Waals surface area contributed by atoms with E-state index in [1.807, 2.05) is 31.1 Å². The van der Waals surface area contributed by atoms with Crippen LogP contribution in [0.5, 0.6) is 0 Å². The van der Waals surface area contributed by atoms with Crippen LogP contribution in [-0.2, 0) is 13.1 Å². The van der Waals surface area contributed by atoms with Crippen LogP contribution >= 0.6 is 0 Å². The van der Waals surface area contributed by atoms with Crippen LogP contribution in [0.4, 0.5) is 19.4 Å². The SMILES string of the molecule is CN(Cc1c(F)cccc1F)C(=O)NCc1ccc(N(C)C)nc1. The van der Waals surface area contributed by atoms with E-state index in [2.05, 4.69) is 10.3 Å². The summed E-state index contributed by atoms with van der Waals surface area (Å²) < 4.78 is 27.2. The highest BCUT2D eigenvalue weighted by Crippen LogP contribution is 2.14. The largest absolute Gasteiger partial charge is 0.363 e. The van der Waals surface area contributed by atoms with E-state index in [4.69, 9.17) is 0 Å². The molecular weight excluding hydrogens is 314 g/mol. The molecule has 2 aromatic rings. The molecule has 1 N–H and O–H groups in total. The van der Waals surface area contributed by atoms with Gasteiger partial charge >= 0.3 is 6.03 Å². The summed E-state index contributed by atoms with van der Waals surface area (Å²) in [7, 11) is 5.26. The second-order valence-corrected chi connectivity index (χ2v) is 5.63. The molecule has 1 heterocycles. The Morgan fingerprint density at radius 2 is 1.79 bits per heavy atom. The molecule has 0 aliphatic rings. The van der Waals surface area contributed by atoms with E-state index in [0.717, 1.165) is 11.4 Å². The predicted molar refractivity (Wildman–Crippen MR) is 88.6 cm³/mol. The van der Waals surface area contributed by atoms with Gasteiger partial charge in [-0.3, -0.25) is 0 Å². The van der Waals surface area contributed by atoms with Crippen molar-refractivity contribution in [3.63, 3.8) is 0 Å². The van der Waals surface area contributed by atoms with Crippen LogP contribution in [0.25, 0.3) is 0 Å². The van der Waals surface area contributed by atoms with Gasteiger partial charge in [0.1, 0.15) is 17.5 Å². The lowest BCUT2D eigenvalue weighted by Crippen LogP contribution is -2.36. The Morgan fingerprint density at radius 1 is 1.12 bits per heavy atom. The Bertz CT molecular complexity index is 684. The predicted octanol–water partition coefficient (Wildman–Crippen LogP) is 2.77. The highest BCUT2D eigenvalue weighted by atomic mass is 19.1. The summed E-state index contributed by atoms with van der Waals surface area (Å²) >= 11 is 0. The van der Waals surface area contributed by atoms with Crippen molar-refractivity contribution in [3.8, 4) is 0 Å². The summed E-state index contributed by atoms with van der Waals surface area (Å²) in [6.45, 7) is 0.131. The number of pyridine rings is 1. The molecule has 1 aromatic carbocycles. The highest BCUT2D eigenvalue weighted by molar-refractivity contribution is 5.73. The Morgan fingerprint density at radius 3 is 2.33 bits per heavy atom. The first kappa shape index (κ1) is 17.7. The van der Waals surface area contributed by atoms with Crippen molar-refractivity contribution in [1.82, 2.24) is 15.2 Å². The van der Waals surface area contributed by atoms with E-state index in [0.29, 0.717) is 0 Å². The number of hydrogen-bond donors (Lipinski definition) is 1. The van der Waals surface area contributed by atoms with Gasteiger partial charge in [-0.15, -0.1) is 0 Å². The van der Waals surface area contributed by atoms with Gasteiger partial charge in [-0.1, -0.05) is 12.1 Å². The topological polar surface area (TPSA) is 48.5 Å². The number of hydrogen-bond acceptors (Lipinski definition) is 3. The summed E-state index contributed by atoms with van der Waals surface area (Å²) in [5.74, 6) is -0.520. The fourth-order valence-electron chi connectivity index (χ4n) is 2.09. The van der Waals surface area contributed by atoms with Gasteiger partial charge in [-0.2, -0.15) is 0 Å². The molecule has 128 valence electrons. The molecule has 1 aromatic heterocycles. The molecule has 0 aliphatic heterocycles. The molecule has 0 bridgehead atoms. The molecule has 0 saturated heterocycles. The third-order valence-corrected chi connectivity index (χ3v) is 3.51. The number of nitrogens with one attached hydrogen (secondary N) is 1. The number of carbonyl (C=O) groups excluding carboxylic acids is 1. The molecule has 0 saturated carbocycles. The Kier molecular flexibility index (Phi) is 5.68. The molecule has 0 aliphatic carbocycles. The second kappa shape index (κ2) is 7.72. The number of halogens is 2. The van der Waals surface area contributed by atoms with Crippen LogP contribution in [0.15, 0.2) is 36.5 Å². The summed E-state index contributed by atoms with van der Waals surface area (Å²) in [5, 5.41) is 2.70. The monoisotopic (exact) mass is 334 g/mol. The lowest BCUT2D eigenvalue weighted by Gasteiger charge is -2.19. The molecule has 2 rings (SSSR count). The molecule has 0 radical (unpaired) electrons. The van der Waals surface area contributed by atoms with E-state index in [1.54, 1.807) is 6.20 Å². The van der Waals surface area contributed by atoms with Gasteiger partial charge in [0, 0.05) is 39.4 Å². The van der Waals surface area contributed by atoms with Crippen molar-refractivity contribution in [2.24, 2.45) is 0 Å². The third-order valence-electron chi connectivity index (χ3n) is 3.51. The molecular formula is C17H20F2N4O. The maximum atomic E-state index is 13.6. The molecule has 0 spiro atoms. The van der Waals surface area contributed by atoms with Crippen molar-refractivity contribution in [2.45, 2.75) is 13.1 Å². The Balaban J connectivity index is 1.92. The molecule has 2 amide bonds. The van der Waals surface area contributed by atoms with Crippen LogP contribution < -0.4 is 10.2 Å². The number of carbonyl (C=O) groups is 1. The van der Waals surface area contributed by atoms with E-state index < -0.39 is 17.7 Å². The minimum atomic E-state index is -0.668. The normalized spacial score (nSPS) is 10.4. The number of nitrogens with zero attached hydrogens (tertiary/aromatic N) is 3. The average molecular weight is 334 g/mol. The number of amides is 2. The first-order chi connectivity index (χ1) is 11.4. The fourth-order valence-corrected chi connectivity index (χ4v) is 2.09. The van der Waals surface area contributed by atoms with Gasteiger partial charge in [0.25, 0.3) is 0 Å². The molecule has 24 heavy (non-hydrogen) atoms. The molecule has 0 unspecified atom stereocenters. The number of urea groups is 1. The summed E-state index contributed by atoms with van der Waals surface area (Å²) in [6, 6.07) is 6.91. The van der Waals surface area contributed by atoms with Gasteiger partial charge in [-0.25, -0.2) is 18.6 Å². The summed E-state index contributed by atoms with van der Waals surface area (Å²) in [5.41, 5.74) is 0.701. The number of aromatic nitrogens is 1. The summed E-state index contributed by atoms with van der Waals surface area (Å²) in [4.78, 5) is 19.4. The zero-order valence-corrected chi connectivity index (χ0v) is 13.9. The van der Waals surface area contributed by atoms with E-state index in [1.165, 1.54) is 30.1 Å². The quantitative estimate of drug-likeness (QED) is 0.915. The van der Waals surface area contributed by atoms with Crippen LogP contribution in [0, 0.1) is 11.6 Å². The minimum Gasteiger partial charge on any atom is -0.363 e. The number of benzene rings is 1. The third kappa shape index (κ3) is 4.41. The molecule has 0 fully saturated rings. The summed E-state index contributed by atoms with van der Waals surface area (Å²) in [6.07, 6.45) is 1.67. The molecule has 0 atom stereocenters. The average Bonchev–Trinajstić information content (AvgIpc) is 2.56. The van der Waals surface area contributed by atoms with Gasteiger partial charge in [0.05, 0.1) is 6.54 Å². The smallest absolute Gasteiger partial charge is 0.317 e. The van der Waals surface area contributed by atoms with E-state index >= 15 is 0 Å². The van der Waals surface area contributed by atoms with Crippen LogP contribution in [0.3, 0.4) is 0 Å². The zero-order valence-electron chi connectivity index (χ0n) is 13.9. The van der Waals surface area contributed by atoms with E-state index in [9.17, 15) is 13.6 Å². The van der Waals surface area contributed by atoms with Gasteiger partial charge in [0.2, 0.25) is 0 Å². The van der Waals surface area contributed by atoms with Crippen molar-refractivity contribution < 1.29 is 13.6 Å². The maximum Gasteiger partial charge on any atom is 0.317 e. The van der Waals surface area contributed by atoms with Crippen molar-refractivity contribution in [3.05, 3.63) is 59.3 Å². The van der Waals surface area contributed by atoms with Crippen molar-refractivity contribution in [1.29, 1.82) is 0 Å². The van der Waals surface area contributed by atoms with Crippen LogP contribution in [0.2, 0.25) is 0 Å². The Hall–Kier alpha value is -2.70. The number of rotatable bonds is 5. The lowest BCUT2D eigenvalue weighted by molar-refractivity contribution is 0.205. The lowest BCUT2D eigenvalue weighted by atomic mass is 10.2. The Labute approximate surface area is 139 Å². The molecule has 7 heteroatoms. The van der Waals surface area contributed by atoms with E-state index in [-0.39, 0.29) is 18.7 Å². The second-order valence-electron chi connectivity index (χ2n) is 5.63. The first-order valence-corrected chi connectivity index (χ1v) is 7.42. The van der Waals surface area contributed by atoms with Crippen molar-refractivity contribution >= 4 is 11.8 Å². The van der Waals surface area contributed by atoms with Crippen LogP contribution in [-0.4, -0.2) is 37.1 Å². The molecule has 5 nitrogen and oxygen atoms in total. The van der Waals surface area contributed by atoms with Gasteiger partial charge in [-0.05, 0) is 23.8 Å². The van der Waals surface area contributed by atoms with Crippen molar-refractivity contribution in [2.75, 3.05) is 26.0 Å². The fraction of sp³-hybridized carbons (Fsp3) is 0.294. The first-order valence-electron chi connectivity index (χ1n) is 7.42.